The molecule has 1 fully saturated rings. The van der Waals surface area contributed by atoms with Crippen LogP contribution in [-0.4, -0.2) is 48.6 Å². The lowest BCUT2D eigenvalue weighted by atomic mass is 10.1. The summed E-state index contributed by atoms with van der Waals surface area (Å²) in [5.74, 6) is 0.0604. The van der Waals surface area contributed by atoms with Gasteiger partial charge in [-0.3, -0.25) is 4.79 Å². The van der Waals surface area contributed by atoms with E-state index in [1.165, 1.54) is 22.6 Å². The number of aryl methyl sites for hydroxylation is 2. The van der Waals surface area contributed by atoms with Gasteiger partial charge in [0.2, 0.25) is 0 Å². The van der Waals surface area contributed by atoms with Crippen LogP contribution in [0.15, 0.2) is 24.3 Å². The van der Waals surface area contributed by atoms with E-state index < -0.39 is 0 Å². The molecule has 0 radical (unpaired) electrons. The molecule has 0 spiro atoms. The molecule has 0 unspecified atom stereocenters. The van der Waals surface area contributed by atoms with Crippen LogP contribution in [0.25, 0.3) is 0 Å². The number of hydrogen-bond donors (Lipinski definition) is 0. The molecule has 1 atom stereocenters. The number of carbonyl (C=O) groups is 1. The minimum Gasteiger partial charge on any atom is -0.473 e. The number of rotatable bonds is 3. The van der Waals surface area contributed by atoms with Crippen molar-refractivity contribution >= 4 is 22.9 Å². The highest BCUT2D eigenvalue weighted by Crippen LogP contribution is 2.28. The third-order valence-electron chi connectivity index (χ3n) is 4.49. The van der Waals surface area contributed by atoms with Crippen LogP contribution in [0.4, 0.5) is 5.69 Å². The van der Waals surface area contributed by atoms with Crippen LogP contribution in [0.5, 0.6) is 5.19 Å². The Labute approximate surface area is 146 Å². The summed E-state index contributed by atoms with van der Waals surface area (Å²) in [6, 6.07) is 8.56. The second-order valence-electron chi connectivity index (χ2n) is 6.18. The summed E-state index contributed by atoms with van der Waals surface area (Å²) < 4.78 is 5.16. The van der Waals surface area contributed by atoms with Gasteiger partial charge in [-0.1, -0.05) is 29.5 Å². The Bertz CT molecular complexity index is 744. The minimum absolute atomic E-state index is 0.0604. The number of hydrogen-bond acceptors (Lipinski definition) is 5. The predicted molar refractivity (Wildman–Crippen MR) is 97.3 cm³/mol. The highest BCUT2D eigenvalue weighted by atomic mass is 32.1. The molecule has 0 aliphatic carbocycles. The largest absolute Gasteiger partial charge is 0.473 e. The van der Waals surface area contributed by atoms with E-state index in [1.54, 1.807) is 7.11 Å². The van der Waals surface area contributed by atoms with Gasteiger partial charge in [0.05, 0.1) is 12.8 Å². The van der Waals surface area contributed by atoms with Gasteiger partial charge in [0.25, 0.3) is 11.1 Å². The number of benzene rings is 1. The first-order chi connectivity index (χ1) is 11.5. The first-order valence-electron chi connectivity index (χ1n) is 8.14. The van der Waals surface area contributed by atoms with Crippen LogP contribution in [0, 0.1) is 13.8 Å². The zero-order valence-corrected chi connectivity index (χ0v) is 15.4. The molecule has 3 rings (SSSR count). The van der Waals surface area contributed by atoms with E-state index in [-0.39, 0.29) is 11.9 Å². The smallest absolute Gasteiger partial charge is 0.273 e. The van der Waals surface area contributed by atoms with E-state index in [9.17, 15) is 4.79 Å². The number of nitrogens with zero attached hydrogens (tertiary/aromatic N) is 3. The molecule has 2 heterocycles. The first-order valence-corrected chi connectivity index (χ1v) is 8.96. The molecule has 1 aliphatic rings. The maximum absolute atomic E-state index is 12.9. The average Bonchev–Trinajstić information content (AvgIpc) is 2.95. The molecule has 6 heteroatoms. The van der Waals surface area contributed by atoms with Crippen molar-refractivity contribution in [2.24, 2.45) is 0 Å². The minimum atomic E-state index is 0.0604. The quantitative estimate of drug-likeness (QED) is 0.857. The lowest BCUT2D eigenvalue weighted by Crippen LogP contribution is -2.54. The molecule has 1 aliphatic heterocycles. The third kappa shape index (κ3) is 3.11. The summed E-state index contributed by atoms with van der Waals surface area (Å²) in [6.45, 7) is 8.50. The van der Waals surface area contributed by atoms with Crippen LogP contribution in [0.3, 0.4) is 0 Å². The molecule has 2 aromatic rings. The molecule has 1 saturated heterocycles. The fraction of sp³-hybridized carbons (Fsp3) is 0.444. The van der Waals surface area contributed by atoms with Crippen molar-refractivity contribution in [1.82, 2.24) is 9.88 Å². The molecule has 128 valence electrons. The zero-order valence-electron chi connectivity index (χ0n) is 14.6. The van der Waals surface area contributed by atoms with Crippen LogP contribution in [0.1, 0.15) is 27.9 Å². The number of methoxy groups -OCH3 is 1. The number of para-hydroxylation sites is 1. The van der Waals surface area contributed by atoms with Crippen LogP contribution >= 0.6 is 11.3 Å². The number of ether oxygens (including phenoxy) is 1. The van der Waals surface area contributed by atoms with E-state index in [0.717, 1.165) is 18.8 Å². The zero-order chi connectivity index (χ0) is 17.3. The Morgan fingerprint density at radius 1 is 1.29 bits per heavy atom. The Kier molecular flexibility index (Phi) is 4.76. The fourth-order valence-electron chi connectivity index (χ4n) is 3.18. The number of aromatic nitrogens is 1. The van der Waals surface area contributed by atoms with E-state index in [0.29, 0.717) is 16.6 Å². The number of piperazine rings is 1. The van der Waals surface area contributed by atoms with Crippen molar-refractivity contribution in [1.29, 1.82) is 0 Å². The molecule has 1 aromatic carbocycles. The molecule has 24 heavy (non-hydrogen) atoms. The molecule has 0 bridgehead atoms. The van der Waals surface area contributed by atoms with Gasteiger partial charge in [0.1, 0.15) is 4.88 Å². The molecule has 1 aromatic heterocycles. The van der Waals surface area contributed by atoms with Crippen LogP contribution in [0.2, 0.25) is 0 Å². The number of carbonyl (C=O) groups excluding carboxylic acids is 1. The van der Waals surface area contributed by atoms with Gasteiger partial charge in [-0.05, 0) is 32.4 Å². The Morgan fingerprint density at radius 3 is 2.67 bits per heavy atom. The Balaban J connectivity index is 1.75. The highest BCUT2D eigenvalue weighted by molar-refractivity contribution is 7.15. The molecule has 0 saturated carbocycles. The van der Waals surface area contributed by atoms with Gasteiger partial charge in [-0.15, -0.1) is 0 Å². The van der Waals surface area contributed by atoms with Crippen molar-refractivity contribution < 1.29 is 9.53 Å². The highest BCUT2D eigenvalue weighted by Gasteiger charge is 2.30. The second-order valence-corrected chi connectivity index (χ2v) is 7.14. The van der Waals surface area contributed by atoms with Gasteiger partial charge in [0.15, 0.2) is 0 Å². The monoisotopic (exact) mass is 345 g/mol. The number of thiazole rings is 1. The summed E-state index contributed by atoms with van der Waals surface area (Å²) in [5.41, 5.74) is 3.27. The normalized spacial score (nSPS) is 17.9. The van der Waals surface area contributed by atoms with E-state index in [4.69, 9.17) is 4.74 Å². The fourth-order valence-corrected chi connectivity index (χ4v) is 4.02. The van der Waals surface area contributed by atoms with Gasteiger partial charge >= 0.3 is 0 Å². The molecule has 0 N–H and O–H groups in total. The second kappa shape index (κ2) is 6.81. The summed E-state index contributed by atoms with van der Waals surface area (Å²) in [6.07, 6.45) is 0. The maximum Gasteiger partial charge on any atom is 0.273 e. The lowest BCUT2D eigenvalue weighted by molar-refractivity contribution is 0.0678. The van der Waals surface area contributed by atoms with E-state index in [1.807, 2.05) is 11.8 Å². The predicted octanol–water partition coefficient (Wildman–Crippen LogP) is 3.12. The Hall–Kier alpha value is -2.08. The molecular weight excluding hydrogens is 322 g/mol. The lowest BCUT2D eigenvalue weighted by Gasteiger charge is -2.41. The maximum atomic E-state index is 12.9. The average molecular weight is 345 g/mol. The molecule has 1 amide bonds. The van der Waals surface area contributed by atoms with Crippen molar-refractivity contribution in [2.45, 2.75) is 26.8 Å². The van der Waals surface area contributed by atoms with E-state index in [2.05, 4.69) is 48.0 Å². The van der Waals surface area contributed by atoms with Gasteiger partial charge in [-0.25, -0.2) is 4.98 Å². The summed E-state index contributed by atoms with van der Waals surface area (Å²) in [4.78, 5) is 22.2. The summed E-state index contributed by atoms with van der Waals surface area (Å²) in [5, 5.41) is 0.544. The van der Waals surface area contributed by atoms with Crippen molar-refractivity contribution in [3.63, 3.8) is 0 Å². The molecular formula is C18H23N3O2S. The molecule has 5 nitrogen and oxygen atoms in total. The third-order valence-corrected chi connectivity index (χ3v) is 5.60. The van der Waals surface area contributed by atoms with Crippen LogP contribution < -0.4 is 9.64 Å². The van der Waals surface area contributed by atoms with Crippen molar-refractivity contribution in [2.75, 3.05) is 31.6 Å². The summed E-state index contributed by atoms with van der Waals surface area (Å²) >= 11 is 1.32. The van der Waals surface area contributed by atoms with Crippen molar-refractivity contribution in [3.8, 4) is 5.19 Å². The standard InChI is InChI=1S/C18H23N3O2S/c1-12-7-5-6-8-15(12)20-9-10-21(13(2)11-20)17(22)16-14(3)19-18(23-4)24-16/h5-8,13H,9-11H2,1-4H3/t13-/m1/s1. The van der Waals surface area contributed by atoms with Gasteiger partial charge in [0, 0.05) is 31.4 Å². The topological polar surface area (TPSA) is 45.7 Å². The Morgan fingerprint density at radius 2 is 2.04 bits per heavy atom. The van der Waals surface area contributed by atoms with Gasteiger partial charge < -0.3 is 14.5 Å². The summed E-state index contributed by atoms with van der Waals surface area (Å²) in [7, 11) is 1.58. The number of anilines is 1. The van der Waals surface area contributed by atoms with Crippen molar-refractivity contribution in [3.05, 3.63) is 40.4 Å². The van der Waals surface area contributed by atoms with E-state index >= 15 is 0 Å². The number of amides is 1. The SMILES string of the molecule is COc1nc(C)c(C(=O)N2CCN(c3ccccc3C)C[C@H]2C)s1. The first kappa shape index (κ1) is 16.8. The van der Waals surface area contributed by atoms with Crippen LogP contribution in [-0.2, 0) is 0 Å². The van der Waals surface area contributed by atoms with Gasteiger partial charge in [-0.2, -0.15) is 0 Å².